The van der Waals surface area contributed by atoms with Gasteiger partial charge in [0, 0.05) is 11.6 Å². The van der Waals surface area contributed by atoms with Crippen LogP contribution in [0.25, 0.3) is 0 Å². The number of hydrogen-bond acceptors (Lipinski definition) is 1. The van der Waals surface area contributed by atoms with Crippen LogP contribution >= 0.6 is 0 Å². The van der Waals surface area contributed by atoms with Gasteiger partial charge in [0.1, 0.15) is 5.82 Å². The van der Waals surface area contributed by atoms with Crippen molar-refractivity contribution in [2.45, 2.75) is 64.5 Å². The van der Waals surface area contributed by atoms with Crippen molar-refractivity contribution < 1.29 is 4.39 Å². The molecule has 0 fully saturated rings. The third-order valence-corrected chi connectivity index (χ3v) is 3.73. The fourth-order valence-electron chi connectivity index (χ4n) is 2.83. The van der Waals surface area contributed by atoms with Crippen LogP contribution in [-0.4, -0.2) is 11.6 Å². The van der Waals surface area contributed by atoms with Crippen molar-refractivity contribution in [3.05, 3.63) is 47.3 Å². The van der Waals surface area contributed by atoms with Gasteiger partial charge in [0.05, 0.1) is 0 Å². The standard InChI is InChI=1S/C18H26FN/c1-18(2,3)20-17(15-7-5-4-6-8-15)13-14-9-11-16(19)12-10-14/h7,9-12,17,20H,4-6,8,13H2,1-3H3. The maximum Gasteiger partial charge on any atom is 0.123 e. The molecule has 0 heterocycles. The highest BCUT2D eigenvalue weighted by atomic mass is 19.1. The molecule has 1 nitrogen and oxygen atoms in total. The molecule has 2 rings (SSSR count). The summed E-state index contributed by atoms with van der Waals surface area (Å²) in [6, 6.07) is 7.27. The van der Waals surface area contributed by atoms with Crippen LogP contribution in [0.5, 0.6) is 0 Å². The largest absolute Gasteiger partial charge is 0.305 e. The van der Waals surface area contributed by atoms with Crippen molar-refractivity contribution >= 4 is 0 Å². The van der Waals surface area contributed by atoms with Crippen molar-refractivity contribution in [1.82, 2.24) is 5.32 Å². The second-order valence-electron chi connectivity index (χ2n) is 6.80. The van der Waals surface area contributed by atoms with Crippen LogP contribution in [0, 0.1) is 5.82 Å². The quantitative estimate of drug-likeness (QED) is 0.790. The first kappa shape index (κ1) is 15.2. The summed E-state index contributed by atoms with van der Waals surface area (Å²) in [5.41, 5.74) is 2.80. The Morgan fingerprint density at radius 1 is 1.15 bits per heavy atom. The van der Waals surface area contributed by atoms with Crippen LogP contribution in [0.15, 0.2) is 35.9 Å². The molecular formula is C18H26FN. The molecule has 20 heavy (non-hydrogen) atoms. The van der Waals surface area contributed by atoms with Crippen molar-refractivity contribution in [3.63, 3.8) is 0 Å². The van der Waals surface area contributed by atoms with Crippen LogP contribution in [0.1, 0.15) is 52.0 Å². The van der Waals surface area contributed by atoms with Gasteiger partial charge in [-0.2, -0.15) is 0 Å². The molecule has 0 aliphatic heterocycles. The van der Waals surface area contributed by atoms with E-state index in [0.29, 0.717) is 6.04 Å². The monoisotopic (exact) mass is 275 g/mol. The highest BCUT2D eigenvalue weighted by molar-refractivity contribution is 5.23. The van der Waals surface area contributed by atoms with E-state index in [1.165, 1.54) is 36.8 Å². The average molecular weight is 275 g/mol. The number of rotatable bonds is 4. The minimum Gasteiger partial charge on any atom is -0.305 e. The molecule has 0 bridgehead atoms. The summed E-state index contributed by atoms with van der Waals surface area (Å²) in [5.74, 6) is -0.161. The molecule has 1 aromatic carbocycles. The number of halogens is 1. The minimum absolute atomic E-state index is 0.0863. The number of nitrogens with one attached hydrogen (secondary N) is 1. The lowest BCUT2D eigenvalue weighted by atomic mass is 9.89. The molecule has 0 saturated carbocycles. The number of allylic oxidation sites excluding steroid dienone is 1. The second-order valence-corrected chi connectivity index (χ2v) is 6.80. The van der Waals surface area contributed by atoms with Crippen LogP contribution in [-0.2, 0) is 6.42 Å². The Balaban J connectivity index is 2.13. The zero-order valence-corrected chi connectivity index (χ0v) is 12.9. The van der Waals surface area contributed by atoms with E-state index in [1.54, 1.807) is 12.1 Å². The molecule has 1 atom stereocenters. The Kier molecular flexibility index (Phi) is 4.98. The molecule has 2 heteroatoms. The Bertz CT molecular complexity index is 453. The van der Waals surface area contributed by atoms with E-state index in [9.17, 15) is 4.39 Å². The molecule has 0 amide bonds. The highest BCUT2D eigenvalue weighted by Gasteiger charge is 2.21. The molecule has 1 N–H and O–H groups in total. The van der Waals surface area contributed by atoms with Crippen LogP contribution in [0.4, 0.5) is 4.39 Å². The molecule has 0 spiro atoms. The second kappa shape index (κ2) is 6.53. The van der Waals surface area contributed by atoms with Crippen molar-refractivity contribution in [2.75, 3.05) is 0 Å². The van der Waals surface area contributed by atoms with Gasteiger partial charge in [0.25, 0.3) is 0 Å². The topological polar surface area (TPSA) is 12.0 Å². The number of hydrogen-bond donors (Lipinski definition) is 1. The molecule has 0 saturated heterocycles. The van der Waals surface area contributed by atoms with Crippen molar-refractivity contribution in [1.29, 1.82) is 0 Å². The van der Waals surface area contributed by atoms with E-state index >= 15 is 0 Å². The summed E-state index contributed by atoms with van der Waals surface area (Å²) in [5, 5.41) is 3.73. The van der Waals surface area contributed by atoms with Gasteiger partial charge in [-0.05, 0) is 70.6 Å². The lowest BCUT2D eigenvalue weighted by molar-refractivity contribution is 0.372. The van der Waals surface area contributed by atoms with Crippen LogP contribution in [0.2, 0.25) is 0 Å². The molecule has 1 aliphatic carbocycles. The van der Waals surface area contributed by atoms with Gasteiger partial charge in [-0.15, -0.1) is 0 Å². The summed E-state index contributed by atoms with van der Waals surface area (Å²) >= 11 is 0. The van der Waals surface area contributed by atoms with E-state index in [2.05, 4.69) is 32.2 Å². The van der Waals surface area contributed by atoms with Crippen LogP contribution < -0.4 is 5.32 Å². The molecule has 110 valence electrons. The SMILES string of the molecule is CC(C)(C)NC(Cc1ccc(F)cc1)C1=CCCCC1. The smallest absolute Gasteiger partial charge is 0.123 e. The lowest BCUT2D eigenvalue weighted by Gasteiger charge is -2.32. The van der Waals surface area contributed by atoms with Crippen LogP contribution in [0.3, 0.4) is 0 Å². The molecule has 1 unspecified atom stereocenters. The maximum atomic E-state index is 13.0. The van der Waals surface area contributed by atoms with E-state index < -0.39 is 0 Å². The molecule has 1 aliphatic rings. The Morgan fingerprint density at radius 3 is 2.40 bits per heavy atom. The zero-order valence-electron chi connectivity index (χ0n) is 12.9. The van der Waals surface area contributed by atoms with Crippen molar-refractivity contribution in [2.24, 2.45) is 0 Å². The lowest BCUT2D eigenvalue weighted by Crippen LogP contribution is -2.46. The van der Waals surface area contributed by atoms with Gasteiger partial charge in [-0.3, -0.25) is 0 Å². The van der Waals surface area contributed by atoms with E-state index in [1.807, 2.05) is 12.1 Å². The summed E-state index contributed by atoms with van der Waals surface area (Å²) in [4.78, 5) is 0. The van der Waals surface area contributed by atoms with E-state index in [0.717, 1.165) is 6.42 Å². The summed E-state index contributed by atoms with van der Waals surface area (Å²) in [7, 11) is 0. The summed E-state index contributed by atoms with van der Waals surface area (Å²) < 4.78 is 13.0. The van der Waals surface area contributed by atoms with Gasteiger partial charge < -0.3 is 5.32 Å². The molecule has 1 aromatic rings. The van der Waals surface area contributed by atoms with Gasteiger partial charge in [0.2, 0.25) is 0 Å². The van der Waals surface area contributed by atoms with Gasteiger partial charge in [-0.25, -0.2) is 4.39 Å². The first-order chi connectivity index (χ1) is 9.44. The fraction of sp³-hybridized carbons (Fsp3) is 0.556. The Hall–Kier alpha value is -1.15. The first-order valence-electron chi connectivity index (χ1n) is 7.65. The molecular weight excluding hydrogens is 249 g/mol. The highest BCUT2D eigenvalue weighted by Crippen LogP contribution is 2.24. The van der Waals surface area contributed by atoms with Crippen molar-refractivity contribution in [3.8, 4) is 0 Å². The maximum absolute atomic E-state index is 13.0. The van der Waals surface area contributed by atoms with Gasteiger partial charge in [0.15, 0.2) is 0 Å². The average Bonchev–Trinajstić information content (AvgIpc) is 2.40. The predicted octanol–water partition coefficient (Wildman–Crippen LogP) is 4.63. The third-order valence-electron chi connectivity index (χ3n) is 3.73. The van der Waals surface area contributed by atoms with Gasteiger partial charge >= 0.3 is 0 Å². The molecule has 0 radical (unpaired) electrons. The Labute approximate surface area is 122 Å². The summed E-state index contributed by atoms with van der Waals surface area (Å²) in [6.07, 6.45) is 8.32. The molecule has 0 aromatic heterocycles. The van der Waals surface area contributed by atoms with E-state index in [-0.39, 0.29) is 11.4 Å². The zero-order chi connectivity index (χ0) is 14.6. The number of benzene rings is 1. The Morgan fingerprint density at radius 2 is 1.85 bits per heavy atom. The fourth-order valence-corrected chi connectivity index (χ4v) is 2.83. The normalized spacial score (nSPS) is 17.7. The minimum atomic E-state index is -0.161. The van der Waals surface area contributed by atoms with Gasteiger partial charge in [-0.1, -0.05) is 23.8 Å². The van der Waals surface area contributed by atoms with E-state index in [4.69, 9.17) is 0 Å². The first-order valence-corrected chi connectivity index (χ1v) is 7.65. The predicted molar refractivity (Wildman–Crippen MR) is 83.3 cm³/mol. The summed E-state index contributed by atoms with van der Waals surface area (Å²) in [6.45, 7) is 6.61. The third kappa shape index (κ3) is 4.75.